The van der Waals surface area contributed by atoms with Crippen molar-refractivity contribution in [3.05, 3.63) is 36.0 Å². The summed E-state index contributed by atoms with van der Waals surface area (Å²) in [6, 6.07) is 6.07. The summed E-state index contributed by atoms with van der Waals surface area (Å²) in [4.78, 5) is 35.7. The molecule has 0 bridgehead atoms. The number of amides is 1. The first-order chi connectivity index (χ1) is 11.6. The maximum Gasteiger partial charge on any atom is 0.419 e. The maximum atomic E-state index is 12.4. The summed E-state index contributed by atoms with van der Waals surface area (Å²) in [7, 11) is 1.36. The zero-order valence-corrected chi connectivity index (χ0v) is 17.3. The van der Waals surface area contributed by atoms with E-state index in [0.717, 1.165) is 10.3 Å². The molecular weight excluding hydrogens is 581 g/mol. The van der Waals surface area contributed by atoms with Crippen LogP contribution in [0.2, 0.25) is 0 Å². The number of ether oxygens (including phenoxy) is 1. The smallest absolute Gasteiger partial charge is 0.419 e. The third-order valence-corrected chi connectivity index (χ3v) is 3.69. The first-order valence-corrected chi connectivity index (χ1v) is 7.80. The molecule has 0 radical (unpaired) electrons. The summed E-state index contributed by atoms with van der Waals surface area (Å²) in [5.74, 6) is -1.14. The van der Waals surface area contributed by atoms with E-state index < -0.39 is 23.7 Å². The van der Waals surface area contributed by atoms with Crippen LogP contribution in [0.25, 0.3) is 10.9 Å². The number of hydrogen-bond acceptors (Lipinski definition) is 4. The molecule has 2 rings (SSSR count). The number of aliphatic carboxylic acids is 1. The van der Waals surface area contributed by atoms with E-state index in [9.17, 15) is 19.5 Å². The summed E-state index contributed by atoms with van der Waals surface area (Å²) in [6.45, 7) is 5.31. The van der Waals surface area contributed by atoms with Gasteiger partial charge in [-0.25, -0.2) is 4.79 Å². The Morgan fingerprint density at radius 1 is 1.31 bits per heavy atom. The maximum absolute atomic E-state index is 12.4. The normalized spacial score (nSPS) is 12.2. The Labute approximate surface area is 145 Å². The molecule has 0 saturated carbocycles. The number of carbonyl (C=O) groups excluding carboxylic acids is 2. The van der Waals surface area contributed by atoms with Crippen molar-refractivity contribution in [2.75, 3.05) is 7.05 Å². The first kappa shape index (κ1) is 20.2. The van der Waals surface area contributed by atoms with Gasteiger partial charge in [0.15, 0.2) is 0 Å². The number of fused-ring (bicyclic) bond motifs is 1. The van der Waals surface area contributed by atoms with Crippen molar-refractivity contribution in [1.82, 2.24) is 9.47 Å². The van der Waals surface area contributed by atoms with Crippen LogP contribution in [0.5, 0.6) is 0 Å². The number of nitrogens with zero attached hydrogens (tertiary/aromatic N) is 2. The zero-order chi connectivity index (χ0) is 18.8. The van der Waals surface area contributed by atoms with Gasteiger partial charge in [-0.1, -0.05) is 18.2 Å². The van der Waals surface area contributed by atoms with Crippen LogP contribution in [-0.4, -0.2) is 51.7 Å². The second-order valence-corrected chi connectivity index (χ2v) is 6.78. The second kappa shape index (κ2) is 7.38. The summed E-state index contributed by atoms with van der Waals surface area (Å²) in [5, 5.41) is 10.1. The van der Waals surface area contributed by atoms with Crippen LogP contribution < -0.4 is 0 Å². The van der Waals surface area contributed by atoms with Crippen LogP contribution in [0, 0.1) is 0 Å². The number of para-hydroxylation sites is 1. The van der Waals surface area contributed by atoms with Crippen molar-refractivity contribution < 1.29 is 24.2 Å². The van der Waals surface area contributed by atoms with Gasteiger partial charge in [0, 0.05) is 18.0 Å². The molecule has 0 spiro atoms. The molecule has 0 saturated heterocycles. The van der Waals surface area contributed by atoms with E-state index >= 15 is 0 Å². The molecule has 2 aromatic rings. The summed E-state index contributed by atoms with van der Waals surface area (Å²) < 4.78 is 6.76. The number of aromatic nitrogens is 1. The Morgan fingerprint density at radius 2 is 1.92 bits per heavy atom. The largest absolute Gasteiger partial charge is 0.520 e. The minimum Gasteiger partial charge on any atom is -0.520 e. The fourth-order valence-corrected chi connectivity index (χ4v) is 2.54. The van der Waals surface area contributed by atoms with Crippen LogP contribution in [0.15, 0.2) is 30.5 Å². The van der Waals surface area contributed by atoms with Gasteiger partial charge in [-0.3, -0.25) is 9.36 Å². The molecule has 0 aliphatic rings. The van der Waals surface area contributed by atoms with Crippen LogP contribution >= 0.6 is 0 Å². The van der Waals surface area contributed by atoms with Gasteiger partial charge >= 0.3 is 12.1 Å². The van der Waals surface area contributed by atoms with Gasteiger partial charge in [-0.2, -0.15) is 6.41 Å². The van der Waals surface area contributed by atoms with Gasteiger partial charge in [0.2, 0.25) is 0 Å². The van der Waals surface area contributed by atoms with E-state index in [4.69, 9.17) is 4.74 Å². The summed E-state index contributed by atoms with van der Waals surface area (Å²) in [5.41, 5.74) is 0.600. The van der Waals surface area contributed by atoms with Crippen LogP contribution in [-0.2, 0) is 20.7 Å². The standard InChI is InChI=1S/C18H21N2O5.Fm/c1-18(2,3)25-17(24)20-10-12(13-7-5-6-8-14(13)20)9-15(16(22)23)19(4)11-21;/h5-8,10,15H,9H2,1-4H3,(H,22,23);/q-1;. The molecule has 8 heteroatoms. The topological polar surface area (TPSA) is 88.8 Å². The van der Waals surface area contributed by atoms with E-state index in [-0.39, 0.29) is 6.42 Å². The van der Waals surface area contributed by atoms with Crippen molar-refractivity contribution in [3.8, 4) is 0 Å². The molecule has 1 N–H and O–H groups in total. The van der Waals surface area contributed by atoms with Crippen LogP contribution in [0.4, 0.5) is 4.79 Å². The predicted molar refractivity (Wildman–Crippen MR) is 92.2 cm³/mol. The van der Waals surface area contributed by atoms with E-state index in [1.807, 2.05) is 0 Å². The van der Waals surface area contributed by atoms with E-state index in [2.05, 4.69) is 0 Å². The summed E-state index contributed by atoms with van der Waals surface area (Å²) in [6.07, 6.45) is 2.65. The molecular formula is C18H21FmN2O5-. The molecule has 0 aliphatic heterocycles. The molecule has 1 heterocycles. The number of carboxylic acid groups (broad SMARTS) is 1. The SMILES string of the molecule is CN([C-]=O)C(Cc1cn(C(=O)OC(C)(C)C)c2ccccc12)C(=O)O.[Fm]. The van der Waals surface area contributed by atoms with E-state index in [1.54, 1.807) is 57.6 Å². The Bertz CT molecular complexity index is 810. The number of rotatable bonds is 5. The molecule has 1 amide bonds. The van der Waals surface area contributed by atoms with Crippen molar-refractivity contribution in [2.45, 2.75) is 38.8 Å². The Morgan fingerprint density at radius 3 is 2.46 bits per heavy atom. The molecule has 1 atom stereocenters. The third-order valence-electron chi connectivity index (χ3n) is 3.69. The van der Waals surface area contributed by atoms with E-state index in [1.165, 1.54) is 11.6 Å². The average molecular weight is 602 g/mol. The molecule has 146 valence electrons. The van der Waals surface area contributed by atoms with Gasteiger partial charge in [-0.05, 0) is 39.4 Å². The summed E-state index contributed by atoms with van der Waals surface area (Å²) >= 11 is 0. The monoisotopic (exact) mass is 602 g/mol. The van der Waals surface area contributed by atoms with E-state index in [0.29, 0.717) is 11.1 Å². The molecule has 1 aromatic carbocycles. The van der Waals surface area contributed by atoms with Gasteiger partial charge in [0.05, 0.1) is 5.52 Å². The average Bonchev–Trinajstić information content (AvgIpc) is 2.89. The quantitative estimate of drug-likeness (QED) is 0.420. The number of likely N-dealkylation sites (N-methyl/N-ethyl adjacent to an activating group) is 1. The number of carbonyl (C=O) groups is 2. The number of benzene rings is 1. The second-order valence-electron chi connectivity index (χ2n) is 6.78. The molecule has 1 aromatic heterocycles. The fraction of sp³-hybridized carbons (Fsp3) is 0.389. The van der Waals surface area contributed by atoms with Crippen molar-refractivity contribution >= 4 is 29.4 Å². The van der Waals surface area contributed by atoms with Gasteiger partial charge in [-0.15, -0.1) is 0 Å². The van der Waals surface area contributed by atoms with Crippen LogP contribution in [0.1, 0.15) is 26.3 Å². The molecule has 0 fully saturated rings. The first-order valence-electron chi connectivity index (χ1n) is 7.80. The van der Waals surface area contributed by atoms with Crippen molar-refractivity contribution in [1.29, 1.82) is 0 Å². The van der Waals surface area contributed by atoms with Gasteiger partial charge in [0.1, 0.15) is 11.6 Å². The Hall–Kier alpha value is -3.83. The van der Waals surface area contributed by atoms with Gasteiger partial charge < -0.3 is 19.5 Å². The van der Waals surface area contributed by atoms with Crippen LogP contribution in [0.3, 0.4) is 0 Å². The predicted octanol–water partition coefficient (Wildman–Crippen LogP) is 2.42. The molecule has 0 aliphatic carbocycles. The molecule has 7 nitrogen and oxygen atoms in total. The number of hydrogen-bond donors (Lipinski definition) is 1. The minimum atomic E-state index is -1.14. The van der Waals surface area contributed by atoms with Gasteiger partial charge in [0.25, 0.3) is 0 Å². The minimum absolute atomic E-state index is 0. The Kier molecular flexibility index (Phi) is 5.74. The fourth-order valence-electron chi connectivity index (χ4n) is 2.54. The number of carboxylic acids is 1. The molecule has 26 heavy (non-hydrogen) atoms. The van der Waals surface area contributed by atoms with Crippen molar-refractivity contribution in [3.63, 3.8) is 0 Å². The molecule has 1 unspecified atom stereocenters. The van der Waals surface area contributed by atoms with Crippen molar-refractivity contribution in [2.24, 2.45) is 0 Å². The zero-order valence-electron chi connectivity index (χ0n) is 14.9. The third kappa shape index (κ3) is 4.17. The Balaban J connectivity index is 0.00000338.